The van der Waals surface area contributed by atoms with Gasteiger partial charge in [-0.2, -0.15) is 52.7 Å². The molecule has 0 saturated heterocycles. The number of carbonyl (C=O) groups excluding carboxylic acids is 2. The standard InChI is InChI=1S/C11H8F12O12S4/c12-8(13,14)36(26,27)6(37(28,29)9(15,16)17)2-34-4(24)1-5(25)35-3-7(38(30,31)10(18,19)20)39(32,33)11(21,22)23/h6-7H,1-3H2. The van der Waals surface area contributed by atoms with E-state index in [-0.39, 0.29) is 0 Å². The molecule has 0 aromatic heterocycles. The maximum absolute atomic E-state index is 12.6. The molecule has 12 nitrogen and oxygen atoms in total. The summed E-state index contributed by atoms with van der Waals surface area (Å²) >= 11 is 0. The van der Waals surface area contributed by atoms with Crippen LogP contribution in [0.1, 0.15) is 6.42 Å². The molecule has 0 spiro atoms. The summed E-state index contributed by atoms with van der Waals surface area (Å²) in [5, 5.41) is 0. The number of hydrogen-bond acceptors (Lipinski definition) is 12. The van der Waals surface area contributed by atoms with Crippen molar-refractivity contribution >= 4 is 51.3 Å². The average molecular weight is 688 g/mol. The second-order valence-corrected chi connectivity index (χ2v) is 15.4. The van der Waals surface area contributed by atoms with Gasteiger partial charge in [0.1, 0.15) is 19.6 Å². The van der Waals surface area contributed by atoms with E-state index < -0.39 is 102 Å². The molecule has 0 unspecified atom stereocenters. The van der Waals surface area contributed by atoms with Crippen molar-refractivity contribution in [1.29, 1.82) is 0 Å². The van der Waals surface area contributed by atoms with E-state index in [0.29, 0.717) is 0 Å². The van der Waals surface area contributed by atoms with Crippen LogP contribution in [0.3, 0.4) is 0 Å². The molecule has 0 fully saturated rings. The van der Waals surface area contributed by atoms with Gasteiger partial charge in [0.25, 0.3) is 39.3 Å². The van der Waals surface area contributed by atoms with E-state index in [0.717, 1.165) is 0 Å². The van der Waals surface area contributed by atoms with Crippen molar-refractivity contribution in [1.82, 2.24) is 0 Å². The maximum atomic E-state index is 12.6. The summed E-state index contributed by atoms with van der Waals surface area (Å²) in [6.45, 7) is -5.66. The van der Waals surface area contributed by atoms with E-state index in [2.05, 4.69) is 9.47 Å². The Balaban J connectivity index is 5.90. The van der Waals surface area contributed by atoms with Gasteiger partial charge in [0, 0.05) is 0 Å². The third-order valence-corrected chi connectivity index (χ3v) is 12.7. The number of sulfone groups is 4. The highest BCUT2D eigenvalue weighted by Gasteiger charge is 2.64. The van der Waals surface area contributed by atoms with Gasteiger partial charge < -0.3 is 9.47 Å². The number of esters is 2. The van der Waals surface area contributed by atoms with Gasteiger partial charge >= 0.3 is 34.0 Å². The Morgan fingerprint density at radius 3 is 0.795 bits per heavy atom. The van der Waals surface area contributed by atoms with Crippen molar-refractivity contribution in [3.63, 3.8) is 0 Å². The first kappa shape index (κ1) is 36.9. The number of alkyl halides is 12. The first-order valence-electron chi connectivity index (χ1n) is 8.28. The molecule has 0 aliphatic carbocycles. The molecule has 232 valence electrons. The van der Waals surface area contributed by atoms with Crippen LogP contribution in [0, 0.1) is 0 Å². The molecule has 0 heterocycles. The molecule has 0 aliphatic heterocycles. The Kier molecular flexibility index (Phi) is 10.5. The van der Waals surface area contributed by atoms with Crippen molar-refractivity contribution in [2.75, 3.05) is 13.2 Å². The zero-order chi connectivity index (χ0) is 31.8. The lowest BCUT2D eigenvalue weighted by Gasteiger charge is -2.21. The van der Waals surface area contributed by atoms with Crippen LogP contribution in [0.5, 0.6) is 0 Å². The lowest BCUT2D eigenvalue weighted by molar-refractivity contribution is -0.154. The Hall–Kier alpha value is -2.10. The van der Waals surface area contributed by atoms with E-state index in [1.54, 1.807) is 0 Å². The topological polar surface area (TPSA) is 189 Å². The van der Waals surface area contributed by atoms with Crippen molar-refractivity contribution < 1.29 is 105 Å². The Morgan fingerprint density at radius 2 is 0.641 bits per heavy atom. The van der Waals surface area contributed by atoms with Crippen LogP contribution in [0.25, 0.3) is 0 Å². The van der Waals surface area contributed by atoms with Crippen molar-refractivity contribution in [3.8, 4) is 0 Å². The minimum Gasteiger partial charge on any atom is -0.463 e. The maximum Gasteiger partial charge on any atom is 0.498 e. The van der Waals surface area contributed by atoms with Gasteiger partial charge in [0.2, 0.25) is 9.16 Å². The van der Waals surface area contributed by atoms with E-state index in [1.807, 2.05) is 0 Å². The minimum absolute atomic E-state index is 2.27. The number of carbonyl (C=O) groups is 2. The van der Waals surface area contributed by atoms with E-state index in [9.17, 15) is 95.9 Å². The molecular weight excluding hydrogens is 680 g/mol. The lowest BCUT2D eigenvalue weighted by atomic mass is 10.4. The van der Waals surface area contributed by atoms with E-state index >= 15 is 0 Å². The molecule has 39 heavy (non-hydrogen) atoms. The molecule has 0 rings (SSSR count). The quantitative estimate of drug-likeness (QED) is 0.179. The Bertz CT molecular complexity index is 1170. The number of rotatable bonds is 10. The molecule has 0 amide bonds. The molecule has 0 radical (unpaired) electrons. The summed E-state index contributed by atoms with van der Waals surface area (Å²) in [6.07, 6.45) is -2.27. The highest BCUT2D eigenvalue weighted by molar-refractivity contribution is 8.10. The van der Waals surface area contributed by atoms with Crippen molar-refractivity contribution in [2.45, 2.75) is 37.6 Å². The molecule has 0 aromatic rings. The van der Waals surface area contributed by atoms with Gasteiger partial charge in [-0.3, -0.25) is 9.59 Å². The smallest absolute Gasteiger partial charge is 0.463 e. The molecule has 0 bridgehead atoms. The lowest BCUT2D eigenvalue weighted by Crippen LogP contribution is -2.48. The first-order valence-corrected chi connectivity index (χ1v) is 14.5. The summed E-state index contributed by atoms with van der Waals surface area (Å²) in [5.74, 6) is -5.04. The number of hydrogen-bond donors (Lipinski definition) is 0. The predicted molar refractivity (Wildman–Crippen MR) is 94.0 cm³/mol. The van der Waals surface area contributed by atoms with Crippen LogP contribution in [-0.2, 0) is 58.4 Å². The Morgan fingerprint density at radius 1 is 0.462 bits per heavy atom. The van der Waals surface area contributed by atoms with Crippen LogP contribution in [-0.4, -0.2) is 90.0 Å². The van der Waals surface area contributed by atoms with Gasteiger partial charge in [-0.25, -0.2) is 33.7 Å². The number of ether oxygens (including phenoxy) is 2. The van der Waals surface area contributed by atoms with Crippen LogP contribution in [0.4, 0.5) is 52.7 Å². The molecule has 0 saturated carbocycles. The first-order chi connectivity index (χ1) is 16.8. The van der Waals surface area contributed by atoms with Crippen LogP contribution < -0.4 is 0 Å². The molecule has 0 atom stereocenters. The van der Waals surface area contributed by atoms with E-state index in [4.69, 9.17) is 0 Å². The highest BCUT2D eigenvalue weighted by Crippen LogP contribution is 2.37. The molecular formula is C11H8F12O12S4. The van der Waals surface area contributed by atoms with Crippen LogP contribution >= 0.6 is 0 Å². The third kappa shape index (κ3) is 7.98. The monoisotopic (exact) mass is 688 g/mol. The summed E-state index contributed by atoms with van der Waals surface area (Å²) in [5.41, 5.74) is -26.8. The second-order valence-electron chi connectivity index (χ2n) is 6.36. The van der Waals surface area contributed by atoms with Crippen molar-refractivity contribution in [2.24, 2.45) is 0 Å². The zero-order valence-corrected chi connectivity index (χ0v) is 20.6. The van der Waals surface area contributed by atoms with Gasteiger partial charge in [0.15, 0.2) is 0 Å². The summed E-state index contributed by atoms with van der Waals surface area (Å²) in [4.78, 5) is 22.8. The van der Waals surface area contributed by atoms with Crippen molar-refractivity contribution in [3.05, 3.63) is 0 Å². The fourth-order valence-corrected chi connectivity index (χ4v) is 7.99. The number of halogens is 12. The SMILES string of the molecule is O=C(CC(=O)OCC(S(=O)(=O)C(F)(F)F)S(=O)(=O)C(F)(F)F)OCC(S(=O)(=O)C(F)(F)F)S(=O)(=O)C(F)(F)F. The minimum atomic E-state index is -7.33. The second kappa shape index (κ2) is 11.1. The highest BCUT2D eigenvalue weighted by atomic mass is 32.3. The van der Waals surface area contributed by atoms with Crippen LogP contribution in [0.15, 0.2) is 0 Å². The van der Waals surface area contributed by atoms with Crippen LogP contribution in [0.2, 0.25) is 0 Å². The summed E-state index contributed by atoms with van der Waals surface area (Å²) in [7, 11) is -29.3. The normalized spacial score (nSPS) is 14.9. The largest absolute Gasteiger partial charge is 0.498 e. The fraction of sp³-hybridized carbons (Fsp3) is 0.818. The Labute approximate surface area is 207 Å². The zero-order valence-electron chi connectivity index (χ0n) is 17.3. The van der Waals surface area contributed by atoms with Gasteiger partial charge in [0.05, 0.1) is 0 Å². The summed E-state index contributed by atoms with van der Waals surface area (Å²) < 4.78 is 238. The molecule has 28 heteroatoms. The van der Waals surface area contributed by atoms with E-state index in [1.165, 1.54) is 0 Å². The predicted octanol–water partition coefficient (Wildman–Crippen LogP) is 0.854. The fourth-order valence-electron chi connectivity index (χ4n) is 1.83. The average Bonchev–Trinajstić information content (AvgIpc) is 2.63. The summed E-state index contributed by atoms with van der Waals surface area (Å²) in [6, 6.07) is 0. The third-order valence-electron chi connectivity index (χ3n) is 3.72. The molecule has 0 aromatic carbocycles. The van der Waals surface area contributed by atoms with Gasteiger partial charge in [-0.15, -0.1) is 0 Å². The van der Waals surface area contributed by atoms with Gasteiger partial charge in [-0.1, -0.05) is 0 Å². The molecule has 0 aliphatic rings. The van der Waals surface area contributed by atoms with Gasteiger partial charge in [-0.05, 0) is 0 Å². The molecule has 0 N–H and O–H groups in total.